The normalized spacial score (nSPS) is 23.4. The summed E-state index contributed by atoms with van der Waals surface area (Å²) in [5.41, 5.74) is 3.93. The van der Waals surface area contributed by atoms with Crippen molar-refractivity contribution in [3.8, 4) is 0 Å². The summed E-state index contributed by atoms with van der Waals surface area (Å²) >= 11 is 0. The maximum Gasteiger partial charge on any atom is 0.337 e. The first-order chi connectivity index (χ1) is 11.2. The number of carbonyl (C=O) groups excluding carboxylic acids is 2. The molecular weight excluding hydrogens is 290 g/mol. The minimum absolute atomic E-state index is 0.177. The number of carbonyl (C=O) groups is 2. The molecule has 5 nitrogen and oxygen atoms in total. The Bertz CT molecular complexity index is 733. The van der Waals surface area contributed by atoms with Crippen molar-refractivity contribution in [1.82, 2.24) is 4.90 Å². The number of nitrogens with one attached hydrogen (secondary N) is 1. The van der Waals surface area contributed by atoms with Gasteiger partial charge in [-0.1, -0.05) is 19.1 Å². The maximum absolute atomic E-state index is 12.9. The minimum atomic E-state index is -0.523. The second kappa shape index (κ2) is 5.33. The molecule has 0 bridgehead atoms. The van der Waals surface area contributed by atoms with Gasteiger partial charge in [-0.15, -0.1) is 0 Å². The van der Waals surface area contributed by atoms with Gasteiger partial charge in [-0.2, -0.15) is 0 Å². The van der Waals surface area contributed by atoms with Crippen LogP contribution in [0.5, 0.6) is 0 Å². The lowest BCUT2D eigenvalue weighted by Gasteiger charge is -2.26. The van der Waals surface area contributed by atoms with Crippen LogP contribution >= 0.6 is 0 Å². The number of hydrogen-bond acceptors (Lipinski definition) is 2. The van der Waals surface area contributed by atoms with Gasteiger partial charge in [0, 0.05) is 6.42 Å². The van der Waals surface area contributed by atoms with Crippen LogP contribution in [-0.4, -0.2) is 29.1 Å². The third kappa shape index (κ3) is 2.11. The van der Waals surface area contributed by atoms with Crippen LogP contribution in [0.1, 0.15) is 38.2 Å². The van der Waals surface area contributed by atoms with Crippen molar-refractivity contribution in [2.24, 2.45) is 0 Å². The van der Waals surface area contributed by atoms with Gasteiger partial charge in [-0.3, -0.25) is 9.69 Å². The van der Waals surface area contributed by atoms with Crippen molar-refractivity contribution in [3.63, 3.8) is 0 Å². The molecule has 2 aliphatic heterocycles. The van der Waals surface area contributed by atoms with E-state index in [2.05, 4.69) is 11.9 Å². The molecule has 0 saturated carbocycles. The Kier molecular flexibility index (Phi) is 3.29. The van der Waals surface area contributed by atoms with Crippen molar-refractivity contribution >= 4 is 23.8 Å². The van der Waals surface area contributed by atoms with E-state index in [1.54, 1.807) is 11.1 Å². The highest BCUT2D eigenvalue weighted by Crippen LogP contribution is 2.33. The van der Waals surface area contributed by atoms with Crippen LogP contribution in [0.3, 0.4) is 0 Å². The molecule has 1 N–H and O–H groups in total. The van der Waals surface area contributed by atoms with E-state index in [4.69, 9.17) is 0 Å². The minimum Gasteiger partial charge on any atom is -0.271 e. The lowest BCUT2D eigenvalue weighted by atomic mass is 9.98. The third-order valence-electron chi connectivity index (χ3n) is 4.90. The van der Waals surface area contributed by atoms with Gasteiger partial charge < -0.3 is 0 Å². The molecule has 3 aliphatic rings. The highest BCUT2D eigenvalue weighted by Gasteiger charge is 2.51. The van der Waals surface area contributed by atoms with E-state index in [9.17, 15) is 9.59 Å². The van der Waals surface area contributed by atoms with Gasteiger partial charge in [0.1, 0.15) is 0 Å². The van der Waals surface area contributed by atoms with Crippen LogP contribution in [0.2, 0.25) is 0 Å². The molecule has 0 radical (unpaired) electrons. The van der Waals surface area contributed by atoms with Gasteiger partial charge in [0.25, 0.3) is 5.91 Å². The Morgan fingerprint density at radius 3 is 2.61 bits per heavy atom. The molecule has 3 amide bonds. The molecule has 2 heterocycles. The summed E-state index contributed by atoms with van der Waals surface area (Å²) in [6.45, 7) is 2.08. The molecule has 23 heavy (non-hydrogen) atoms. The van der Waals surface area contributed by atoms with Gasteiger partial charge >= 0.3 is 6.03 Å². The molecule has 5 heteroatoms. The number of rotatable bonds is 2. The first-order valence-corrected chi connectivity index (χ1v) is 8.28. The van der Waals surface area contributed by atoms with Gasteiger partial charge in [0.05, 0.1) is 11.4 Å². The van der Waals surface area contributed by atoms with Crippen LogP contribution in [0.15, 0.2) is 35.7 Å². The number of allylic oxidation sites excluding steroid dienone is 2. The van der Waals surface area contributed by atoms with Crippen LogP contribution in [0, 0.1) is 0 Å². The van der Waals surface area contributed by atoms with Gasteiger partial charge in [0.2, 0.25) is 0 Å². The average molecular weight is 310 g/mol. The predicted molar refractivity (Wildman–Crippen MR) is 86.8 cm³/mol. The van der Waals surface area contributed by atoms with Crippen LogP contribution in [0.25, 0.3) is 0 Å². The molecule has 0 spiro atoms. The van der Waals surface area contributed by atoms with Crippen LogP contribution in [0.4, 0.5) is 10.5 Å². The number of anilines is 1. The number of hydrogen-bond donors (Lipinski definition) is 1. The topological polar surface area (TPSA) is 54.6 Å². The fourth-order valence-electron chi connectivity index (χ4n) is 3.60. The Hall–Kier alpha value is -2.43. The molecule has 4 rings (SSSR count). The summed E-state index contributed by atoms with van der Waals surface area (Å²) in [7, 11) is 0. The molecule has 1 aromatic rings. The highest BCUT2D eigenvalue weighted by atomic mass is 16.2. The number of amides is 3. The number of fused-ring (bicyclic) bond motifs is 2. The van der Waals surface area contributed by atoms with E-state index in [1.807, 2.05) is 24.3 Å². The second-order valence-electron chi connectivity index (χ2n) is 6.23. The zero-order chi connectivity index (χ0) is 16.0. The summed E-state index contributed by atoms with van der Waals surface area (Å²) < 4.78 is 0. The number of imide groups is 1. The monoisotopic (exact) mass is 310 g/mol. The summed E-state index contributed by atoms with van der Waals surface area (Å²) in [6.07, 6.45) is 6.69. The molecular formula is C18H20N3O2+. The molecule has 1 unspecified atom stereocenters. The maximum atomic E-state index is 12.9. The van der Waals surface area contributed by atoms with Crippen molar-refractivity contribution < 1.29 is 14.6 Å². The molecule has 0 aromatic heterocycles. The fraction of sp³-hybridized carbons (Fsp3) is 0.389. The molecule has 1 fully saturated rings. The Labute approximate surface area is 135 Å². The fourth-order valence-corrected chi connectivity index (χ4v) is 3.60. The zero-order valence-electron chi connectivity index (χ0n) is 13.2. The first-order valence-electron chi connectivity index (χ1n) is 8.28. The number of nitrogens with zero attached hydrogens (tertiary/aromatic N) is 2. The van der Waals surface area contributed by atoms with E-state index in [0.29, 0.717) is 5.69 Å². The van der Waals surface area contributed by atoms with Crippen molar-refractivity contribution in [1.29, 1.82) is 0 Å². The Balaban J connectivity index is 1.71. The lowest BCUT2D eigenvalue weighted by Crippen LogP contribution is -2.74. The molecule has 1 aliphatic carbocycles. The predicted octanol–water partition coefficient (Wildman–Crippen LogP) is 1.34. The Morgan fingerprint density at radius 2 is 1.87 bits per heavy atom. The van der Waals surface area contributed by atoms with E-state index < -0.39 is 6.04 Å². The van der Waals surface area contributed by atoms with Crippen LogP contribution in [-0.2, 0) is 11.2 Å². The van der Waals surface area contributed by atoms with E-state index in [1.165, 1.54) is 10.5 Å². The lowest BCUT2D eigenvalue weighted by molar-refractivity contribution is -0.404. The largest absolute Gasteiger partial charge is 0.337 e. The van der Waals surface area contributed by atoms with E-state index in [0.717, 1.165) is 43.5 Å². The molecule has 1 saturated heterocycles. The third-order valence-corrected chi connectivity index (χ3v) is 4.90. The van der Waals surface area contributed by atoms with Gasteiger partial charge in [-0.05, 0) is 43.4 Å². The van der Waals surface area contributed by atoms with Crippen molar-refractivity contribution in [2.45, 2.75) is 45.1 Å². The summed E-state index contributed by atoms with van der Waals surface area (Å²) in [5, 5.41) is 0. The number of benzene rings is 1. The van der Waals surface area contributed by atoms with E-state index in [-0.39, 0.29) is 11.9 Å². The Morgan fingerprint density at radius 1 is 1.13 bits per heavy atom. The van der Waals surface area contributed by atoms with Crippen LogP contribution < -0.4 is 9.89 Å². The van der Waals surface area contributed by atoms with Crippen molar-refractivity contribution in [3.05, 3.63) is 41.2 Å². The summed E-state index contributed by atoms with van der Waals surface area (Å²) in [4.78, 5) is 31.9. The summed E-state index contributed by atoms with van der Waals surface area (Å²) in [5.74, 6) is -0.177. The van der Waals surface area contributed by atoms with Gasteiger partial charge in [-0.25, -0.2) is 14.7 Å². The second-order valence-corrected chi connectivity index (χ2v) is 6.23. The smallest absolute Gasteiger partial charge is 0.271 e. The zero-order valence-corrected chi connectivity index (χ0v) is 13.2. The average Bonchev–Trinajstić information content (AvgIpc) is 2.86. The van der Waals surface area contributed by atoms with Crippen molar-refractivity contribution in [2.75, 3.05) is 4.90 Å². The summed E-state index contributed by atoms with van der Waals surface area (Å²) in [6, 6.07) is 6.91. The molecule has 1 aromatic carbocycles. The van der Waals surface area contributed by atoms with E-state index >= 15 is 0 Å². The molecule has 118 valence electrons. The highest BCUT2D eigenvalue weighted by molar-refractivity contribution is 6.26. The standard InChI is InChI=1S/C18H19N3O2/c1-2-12-7-9-13(10-8-12)20-17(22)16-11-19-14-5-3-4-6-15(14)21(16)18(20)23/h7-11,16H,2-6H2,1H3/p+1. The number of aryl methyl sites for hydroxylation is 1. The SMILES string of the molecule is CCc1ccc(N2C(=O)C3C=[NH+]C4=C(CCCC4)N3C2=O)cc1. The van der Waals surface area contributed by atoms with Gasteiger partial charge in [0.15, 0.2) is 18.0 Å². The quantitative estimate of drug-likeness (QED) is 0.838. The molecule has 1 atom stereocenters. The number of urea groups is 1. The first kappa shape index (κ1) is 14.2.